The van der Waals surface area contributed by atoms with Gasteiger partial charge in [-0.25, -0.2) is 0 Å². The fraction of sp³-hybridized carbons (Fsp3) is 0.278. The van der Waals surface area contributed by atoms with E-state index >= 15 is 0 Å². The molecule has 0 saturated heterocycles. The number of nitrogens with one attached hydrogen (secondary N) is 1. The molecular formula is C18H15F3N6OS. The molecule has 1 saturated carbocycles. The van der Waals surface area contributed by atoms with Gasteiger partial charge in [-0.05, 0) is 54.9 Å². The van der Waals surface area contributed by atoms with Crippen molar-refractivity contribution in [3.8, 4) is 5.69 Å². The van der Waals surface area contributed by atoms with Crippen molar-refractivity contribution in [2.75, 3.05) is 5.32 Å². The lowest BCUT2D eigenvalue weighted by molar-refractivity contribution is -0.141. The van der Waals surface area contributed by atoms with Crippen LogP contribution in [0.4, 0.5) is 18.9 Å². The topological polar surface area (TPSA) is 85.6 Å². The van der Waals surface area contributed by atoms with E-state index in [1.807, 2.05) is 10.6 Å². The van der Waals surface area contributed by atoms with Crippen LogP contribution in [-0.2, 0) is 11.0 Å². The van der Waals surface area contributed by atoms with E-state index in [1.165, 1.54) is 13.0 Å². The lowest BCUT2D eigenvalue weighted by atomic mass is 10.2. The Labute approximate surface area is 167 Å². The van der Waals surface area contributed by atoms with Crippen LogP contribution < -0.4 is 5.32 Å². The van der Waals surface area contributed by atoms with Gasteiger partial charge < -0.3 is 5.32 Å². The molecule has 7 nitrogen and oxygen atoms in total. The minimum Gasteiger partial charge on any atom is -0.326 e. The largest absolute Gasteiger partial charge is 0.435 e. The molecule has 3 aromatic rings. The molecule has 2 heterocycles. The van der Waals surface area contributed by atoms with Crippen molar-refractivity contribution in [1.29, 1.82) is 0 Å². The van der Waals surface area contributed by atoms with Gasteiger partial charge in [0.05, 0.1) is 5.69 Å². The second-order valence-corrected chi connectivity index (χ2v) is 7.53. The molecule has 1 N–H and O–H groups in total. The SMILES string of the molecule is CC(=O)Nc1cccc(-n2c(Sc3ccc(C(F)(F)F)nn3)nnc2C2CC2)c1. The van der Waals surface area contributed by atoms with Crippen molar-refractivity contribution in [3.05, 3.63) is 47.9 Å². The summed E-state index contributed by atoms with van der Waals surface area (Å²) in [6.45, 7) is 1.42. The summed E-state index contributed by atoms with van der Waals surface area (Å²) in [6.07, 6.45) is -2.55. The molecule has 0 aliphatic heterocycles. The van der Waals surface area contributed by atoms with Crippen LogP contribution >= 0.6 is 11.8 Å². The van der Waals surface area contributed by atoms with E-state index in [4.69, 9.17) is 0 Å². The minimum absolute atomic E-state index is 0.192. The fourth-order valence-electron chi connectivity index (χ4n) is 2.74. The van der Waals surface area contributed by atoms with Gasteiger partial charge in [0.1, 0.15) is 10.9 Å². The van der Waals surface area contributed by atoms with Crippen LogP contribution in [0, 0.1) is 0 Å². The molecule has 29 heavy (non-hydrogen) atoms. The van der Waals surface area contributed by atoms with Crippen molar-refractivity contribution in [3.63, 3.8) is 0 Å². The third-order valence-corrected chi connectivity index (χ3v) is 5.03. The molecule has 0 bridgehead atoms. The maximum atomic E-state index is 12.7. The standard InChI is InChI=1S/C18H15F3N6OS/c1-10(28)22-12-3-2-4-13(9-12)27-16(11-5-6-11)25-26-17(27)29-15-8-7-14(23-24-15)18(19,20)21/h2-4,7-9,11H,5-6H2,1H3,(H,22,28). The Morgan fingerprint density at radius 1 is 1.14 bits per heavy atom. The predicted molar refractivity (Wildman–Crippen MR) is 98.8 cm³/mol. The van der Waals surface area contributed by atoms with E-state index < -0.39 is 11.9 Å². The number of anilines is 1. The Balaban J connectivity index is 1.68. The molecule has 11 heteroatoms. The van der Waals surface area contributed by atoms with Crippen LogP contribution in [0.15, 0.2) is 46.6 Å². The number of amides is 1. The maximum absolute atomic E-state index is 12.7. The van der Waals surface area contributed by atoms with E-state index in [-0.39, 0.29) is 16.9 Å². The van der Waals surface area contributed by atoms with Gasteiger partial charge in [0.15, 0.2) is 5.69 Å². The Kier molecular flexibility index (Phi) is 4.99. The number of nitrogens with zero attached hydrogens (tertiary/aromatic N) is 5. The zero-order valence-corrected chi connectivity index (χ0v) is 16.0. The smallest absolute Gasteiger partial charge is 0.326 e. The van der Waals surface area contributed by atoms with E-state index in [2.05, 4.69) is 25.7 Å². The van der Waals surface area contributed by atoms with Crippen molar-refractivity contribution >= 4 is 23.4 Å². The molecule has 0 spiro atoms. The second-order valence-electron chi connectivity index (χ2n) is 6.54. The maximum Gasteiger partial charge on any atom is 0.435 e. The number of hydrogen-bond acceptors (Lipinski definition) is 6. The van der Waals surface area contributed by atoms with Gasteiger partial charge in [0, 0.05) is 18.5 Å². The van der Waals surface area contributed by atoms with Crippen LogP contribution in [0.3, 0.4) is 0 Å². The van der Waals surface area contributed by atoms with E-state index in [0.717, 1.165) is 42.2 Å². The van der Waals surface area contributed by atoms with E-state index in [1.54, 1.807) is 18.2 Å². The Morgan fingerprint density at radius 3 is 2.55 bits per heavy atom. The third-order valence-electron chi connectivity index (χ3n) is 4.15. The van der Waals surface area contributed by atoms with E-state index in [9.17, 15) is 18.0 Å². The average molecular weight is 420 g/mol. The summed E-state index contributed by atoms with van der Waals surface area (Å²) in [5.74, 6) is 0.857. The molecule has 1 aliphatic carbocycles. The normalized spacial score (nSPS) is 14.1. The highest BCUT2D eigenvalue weighted by atomic mass is 32.2. The monoisotopic (exact) mass is 420 g/mol. The Hall–Kier alpha value is -2.95. The summed E-state index contributed by atoms with van der Waals surface area (Å²) in [7, 11) is 0. The van der Waals surface area contributed by atoms with Gasteiger partial charge in [-0.3, -0.25) is 9.36 Å². The number of halogens is 3. The van der Waals surface area contributed by atoms with Crippen LogP contribution in [0.25, 0.3) is 5.69 Å². The lowest BCUT2D eigenvalue weighted by Crippen LogP contribution is -2.09. The molecule has 1 fully saturated rings. The van der Waals surface area contributed by atoms with Gasteiger partial charge in [-0.2, -0.15) is 13.2 Å². The first-order valence-electron chi connectivity index (χ1n) is 8.73. The first-order chi connectivity index (χ1) is 13.8. The highest BCUT2D eigenvalue weighted by Crippen LogP contribution is 2.42. The molecule has 150 valence electrons. The quantitative estimate of drug-likeness (QED) is 0.670. The number of hydrogen-bond donors (Lipinski definition) is 1. The third kappa shape index (κ3) is 4.39. The second kappa shape index (κ2) is 7.47. The summed E-state index contributed by atoms with van der Waals surface area (Å²) >= 11 is 1.08. The van der Waals surface area contributed by atoms with Crippen LogP contribution in [0.1, 0.15) is 37.2 Å². The lowest BCUT2D eigenvalue weighted by Gasteiger charge is -2.11. The van der Waals surface area contributed by atoms with Crippen LogP contribution in [0.2, 0.25) is 0 Å². The molecular weight excluding hydrogens is 405 g/mol. The summed E-state index contributed by atoms with van der Waals surface area (Å²) < 4.78 is 39.9. The summed E-state index contributed by atoms with van der Waals surface area (Å²) in [6, 6.07) is 9.34. The van der Waals surface area contributed by atoms with Gasteiger partial charge in [-0.15, -0.1) is 20.4 Å². The zero-order chi connectivity index (χ0) is 20.6. The van der Waals surface area contributed by atoms with Crippen molar-refractivity contribution in [2.45, 2.75) is 42.0 Å². The summed E-state index contributed by atoms with van der Waals surface area (Å²) in [4.78, 5) is 11.4. The molecule has 0 unspecified atom stereocenters. The van der Waals surface area contributed by atoms with Gasteiger partial charge in [-0.1, -0.05) is 6.07 Å². The molecule has 1 aromatic carbocycles. The molecule has 0 atom stereocenters. The van der Waals surface area contributed by atoms with Crippen molar-refractivity contribution in [1.82, 2.24) is 25.0 Å². The van der Waals surface area contributed by atoms with Gasteiger partial charge >= 0.3 is 6.18 Å². The highest BCUT2D eigenvalue weighted by molar-refractivity contribution is 7.99. The van der Waals surface area contributed by atoms with Gasteiger partial charge in [0.25, 0.3) is 0 Å². The number of carbonyl (C=O) groups excluding carboxylic acids is 1. The first kappa shape index (κ1) is 19.4. The molecule has 2 aromatic heterocycles. The number of rotatable bonds is 5. The number of alkyl halides is 3. The number of carbonyl (C=O) groups is 1. The average Bonchev–Trinajstić information content (AvgIpc) is 3.42. The van der Waals surface area contributed by atoms with Crippen molar-refractivity contribution < 1.29 is 18.0 Å². The van der Waals surface area contributed by atoms with Gasteiger partial charge in [0.2, 0.25) is 11.1 Å². The van der Waals surface area contributed by atoms with E-state index in [0.29, 0.717) is 10.8 Å². The molecule has 1 amide bonds. The number of benzene rings is 1. The highest BCUT2D eigenvalue weighted by Gasteiger charge is 2.33. The zero-order valence-electron chi connectivity index (χ0n) is 15.1. The summed E-state index contributed by atoms with van der Waals surface area (Å²) in [5, 5.41) is 18.9. The first-order valence-corrected chi connectivity index (χ1v) is 9.55. The summed E-state index contributed by atoms with van der Waals surface area (Å²) in [5.41, 5.74) is 0.311. The van der Waals surface area contributed by atoms with Crippen LogP contribution in [-0.4, -0.2) is 30.9 Å². The minimum atomic E-state index is -4.54. The predicted octanol–water partition coefficient (Wildman–Crippen LogP) is 4.06. The number of aromatic nitrogens is 5. The van der Waals surface area contributed by atoms with Crippen LogP contribution in [0.5, 0.6) is 0 Å². The Morgan fingerprint density at radius 2 is 1.93 bits per heavy atom. The molecule has 4 rings (SSSR count). The Bertz CT molecular complexity index is 1050. The van der Waals surface area contributed by atoms with Crippen molar-refractivity contribution in [2.24, 2.45) is 0 Å². The molecule has 0 radical (unpaired) electrons. The fourth-order valence-corrected chi connectivity index (χ4v) is 3.52. The molecule has 1 aliphatic rings.